The maximum Gasteiger partial charge on any atom is 0.0799 e. The Balaban J connectivity index is 0.000000223. The Kier molecular flexibility index (Phi) is 14.4. The molecule has 6 aromatic carbocycles. The third kappa shape index (κ3) is 9.97. The van der Waals surface area contributed by atoms with Gasteiger partial charge >= 0.3 is 0 Å². The maximum atomic E-state index is 5.36. The molecule has 1 fully saturated rings. The smallest absolute Gasteiger partial charge is 0.0799 e. The Bertz CT molecular complexity index is 3110. The maximum absolute atomic E-state index is 5.36. The molecule has 3 aromatic heterocycles. The van der Waals surface area contributed by atoms with Gasteiger partial charge in [-0.15, -0.1) is 54.1 Å². The number of benzene rings is 6. The van der Waals surface area contributed by atoms with Crippen molar-refractivity contribution in [1.82, 2.24) is 14.5 Å². The molecule has 0 unspecified atom stereocenters. The van der Waals surface area contributed by atoms with Crippen LogP contribution < -0.4 is 5.19 Å². The van der Waals surface area contributed by atoms with Gasteiger partial charge in [-0.3, -0.25) is 4.98 Å². The summed E-state index contributed by atoms with van der Waals surface area (Å²) in [5, 5.41) is 4.12. The van der Waals surface area contributed by atoms with Crippen LogP contribution in [-0.2, 0) is 25.5 Å². The molecule has 1 saturated carbocycles. The summed E-state index contributed by atoms with van der Waals surface area (Å²) in [5.74, 6) is 2.33. The van der Waals surface area contributed by atoms with Gasteiger partial charge in [-0.1, -0.05) is 165 Å². The molecule has 1 aliphatic carbocycles. The SMILES string of the molecule is CC(C)c1cc(-c2ccccc2)cc(C(C)C)c1-n1c(-c2[c-]ccc3c2sc2cc(C(C)(C)C)ccc23)nc2ccccc21.C[Si](C)(C)c1cnc(-c2[c-]cccc2)cc1C1CCCCC1.[Ir]. The van der Waals surface area contributed by atoms with Gasteiger partial charge in [-0.2, -0.15) is 11.3 Å². The Hall–Kier alpha value is -4.97. The summed E-state index contributed by atoms with van der Waals surface area (Å²) < 4.78 is 4.99. The largest absolute Gasteiger partial charge is 0.333 e. The Morgan fingerprint density at radius 1 is 0.701 bits per heavy atom. The predicted octanol–water partition coefficient (Wildman–Crippen LogP) is 17.2. The fourth-order valence-electron chi connectivity index (χ4n) is 9.96. The van der Waals surface area contributed by atoms with Crippen molar-refractivity contribution in [1.29, 1.82) is 0 Å². The van der Waals surface area contributed by atoms with E-state index in [2.05, 4.69) is 206 Å². The van der Waals surface area contributed by atoms with E-state index in [0.717, 1.165) is 39.6 Å². The van der Waals surface area contributed by atoms with E-state index in [4.69, 9.17) is 9.97 Å². The van der Waals surface area contributed by atoms with Crippen molar-refractivity contribution in [3.8, 4) is 39.5 Å². The first-order valence-electron chi connectivity index (χ1n) is 24.2. The van der Waals surface area contributed by atoms with Crippen LogP contribution >= 0.6 is 11.3 Å². The fraction of sp³-hybridized carbons (Fsp3) is 0.311. The van der Waals surface area contributed by atoms with E-state index < -0.39 is 8.07 Å². The molecule has 1 aliphatic rings. The molecule has 9 aromatic rings. The quantitative estimate of drug-likeness (QED) is 0.112. The average Bonchev–Trinajstić information content (AvgIpc) is 3.90. The second-order valence-corrected chi connectivity index (χ2v) is 27.2. The third-order valence-corrected chi connectivity index (χ3v) is 16.8. The first-order valence-corrected chi connectivity index (χ1v) is 28.6. The first-order chi connectivity index (χ1) is 31.7. The molecule has 0 bridgehead atoms. The Morgan fingerprint density at radius 2 is 1.39 bits per heavy atom. The summed E-state index contributed by atoms with van der Waals surface area (Å²) in [6, 6.07) is 52.9. The second-order valence-electron chi connectivity index (χ2n) is 21.1. The van der Waals surface area contributed by atoms with Gasteiger partial charge in [0, 0.05) is 36.7 Å². The normalized spacial score (nSPS) is 13.6. The summed E-state index contributed by atoms with van der Waals surface area (Å²) in [6.45, 7) is 23.4. The molecule has 6 heteroatoms. The Morgan fingerprint density at radius 3 is 2.04 bits per heavy atom. The average molecular weight is 1090 g/mol. The van der Waals surface area contributed by atoms with Crippen LogP contribution in [0.1, 0.15) is 121 Å². The van der Waals surface area contributed by atoms with Crippen molar-refractivity contribution >= 4 is 55.8 Å². The first kappa shape index (κ1) is 48.5. The number of para-hydroxylation sites is 2. The summed E-state index contributed by atoms with van der Waals surface area (Å²) in [7, 11) is -1.36. The molecule has 3 heterocycles. The number of rotatable bonds is 8. The summed E-state index contributed by atoms with van der Waals surface area (Å²) in [5.41, 5.74) is 14.9. The fourth-order valence-corrected chi connectivity index (χ4v) is 12.8. The van der Waals surface area contributed by atoms with Crippen LogP contribution in [-0.4, -0.2) is 22.6 Å². The monoisotopic (exact) mass is 1090 g/mol. The summed E-state index contributed by atoms with van der Waals surface area (Å²) in [4.78, 5) is 10.1. The zero-order valence-electron chi connectivity index (χ0n) is 41.1. The van der Waals surface area contributed by atoms with Crippen LogP contribution in [0.25, 0.3) is 70.7 Å². The number of thiophene rings is 1. The molecule has 1 radical (unpaired) electrons. The zero-order valence-corrected chi connectivity index (χ0v) is 45.3. The number of hydrogen-bond donors (Lipinski definition) is 0. The number of aromatic nitrogens is 3. The number of nitrogens with zero attached hydrogens (tertiary/aromatic N) is 3. The van der Waals surface area contributed by atoms with Gasteiger partial charge < -0.3 is 9.55 Å². The van der Waals surface area contributed by atoms with Crippen molar-refractivity contribution in [2.24, 2.45) is 0 Å². The van der Waals surface area contributed by atoms with E-state index in [1.165, 1.54) is 85.8 Å². The van der Waals surface area contributed by atoms with Crippen LogP contribution in [0.5, 0.6) is 0 Å². The molecule has 0 spiro atoms. The molecule has 67 heavy (non-hydrogen) atoms. The van der Waals surface area contributed by atoms with Gasteiger partial charge in [0.1, 0.15) is 0 Å². The standard InChI is InChI=1S/C41H39N2S.C20H26NSi.Ir/c1-25(2)33-22-28(27-14-9-8-10-15-27)23-34(26(3)4)38(33)43-36-19-12-11-18-35(36)42-40(43)32-17-13-16-31-30-21-20-29(41(5,6)7)24-37(30)44-39(31)32;1-22(2,3)20-15-21-19(17-12-8-5-9-13-17)14-18(20)16-10-6-4-7-11-16;/h8-16,18-26H,1-7H3;5,8-9,12,14-16H,4,6-7,10-11H2,1-3H3;/q2*-1;. The van der Waals surface area contributed by atoms with Gasteiger partial charge in [-0.05, 0) is 115 Å². The van der Waals surface area contributed by atoms with Crippen LogP contribution in [0.3, 0.4) is 0 Å². The number of imidazole rings is 1. The van der Waals surface area contributed by atoms with E-state index in [0.29, 0.717) is 11.8 Å². The number of pyridine rings is 1. The molecular formula is C61H65IrN3SSi-2. The topological polar surface area (TPSA) is 30.7 Å². The van der Waals surface area contributed by atoms with Gasteiger partial charge in [0.15, 0.2) is 0 Å². The zero-order chi connectivity index (χ0) is 46.3. The van der Waals surface area contributed by atoms with Crippen molar-refractivity contribution in [3.63, 3.8) is 0 Å². The minimum absolute atomic E-state index is 0. The molecule has 10 rings (SSSR count). The van der Waals surface area contributed by atoms with E-state index in [1.54, 1.807) is 10.8 Å². The molecule has 3 nitrogen and oxygen atoms in total. The van der Waals surface area contributed by atoms with Crippen molar-refractivity contribution in [3.05, 3.63) is 168 Å². The summed E-state index contributed by atoms with van der Waals surface area (Å²) >= 11 is 1.86. The minimum Gasteiger partial charge on any atom is -0.333 e. The van der Waals surface area contributed by atoms with Crippen LogP contribution in [0.15, 0.2) is 134 Å². The molecule has 345 valence electrons. The predicted molar refractivity (Wildman–Crippen MR) is 288 cm³/mol. The van der Waals surface area contributed by atoms with E-state index in [-0.39, 0.29) is 25.5 Å². The van der Waals surface area contributed by atoms with Crippen LogP contribution in [0.2, 0.25) is 19.6 Å². The van der Waals surface area contributed by atoms with Gasteiger partial charge in [-0.25, -0.2) is 0 Å². The molecule has 0 atom stereocenters. The minimum atomic E-state index is -1.36. The number of hydrogen-bond acceptors (Lipinski definition) is 3. The van der Waals surface area contributed by atoms with Gasteiger partial charge in [0.05, 0.1) is 24.9 Å². The van der Waals surface area contributed by atoms with Crippen molar-refractivity contribution < 1.29 is 20.1 Å². The van der Waals surface area contributed by atoms with Crippen LogP contribution in [0.4, 0.5) is 0 Å². The second kappa shape index (κ2) is 19.9. The van der Waals surface area contributed by atoms with E-state index >= 15 is 0 Å². The summed E-state index contributed by atoms with van der Waals surface area (Å²) in [6.07, 6.45) is 9.03. The van der Waals surface area contributed by atoms with Gasteiger partial charge in [0.25, 0.3) is 0 Å². The van der Waals surface area contributed by atoms with Crippen LogP contribution in [0, 0.1) is 12.1 Å². The molecule has 0 aliphatic heterocycles. The molecular weight excluding hydrogens is 1030 g/mol. The van der Waals surface area contributed by atoms with Gasteiger partial charge in [0.2, 0.25) is 0 Å². The van der Waals surface area contributed by atoms with Crippen molar-refractivity contribution in [2.75, 3.05) is 0 Å². The van der Waals surface area contributed by atoms with E-state index in [1.807, 2.05) is 23.5 Å². The van der Waals surface area contributed by atoms with E-state index in [9.17, 15) is 0 Å². The molecule has 0 N–H and O–H groups in total. The van der Waals surface area contributed by atoms with Crippen molar-refractivity contribution in [2.45, 2.75) is 123 Å². The molecule has 0 amide bonds. The molecule has 0 saturated heterocycles. The number of fused-ring (bicyclic) bond motifs is 4. The third-order valence-electron chi connectivity index (χ3n) is 13.6. The Labute approximate surface area is 418 Å².